The lowest BCUT2D eigenvalue weighted by molar-refractivity contribution is 0.524. The van der Waals surface area contributed by atoms with E-state index in [4.69, 9.17) is 29.0 Å². The second-order valence-electron chi connectivity index (χ2n) is 3.50. The molecule has 5 nitrogen and oxygen atoms in total. The van der Waals surface area contributed by atoms with Crippen LogP contribution in [-0.4, -0.2) is 14.8 Å². The third-order valence-corrected chi connectivity index (χ3v) is 3.97. The van der Waals surface area contributed by atoms with Crippen LogP contribution in [-0.2, 0) is 13.5 Å². The van der Waals surface area contributed by atoms with Gasteiger partial charge in [-0.2, -0.15) is 5.10 Å². The Bertz CT molecular complexity index is 509. The second kappa shape index (κ2) is 5.32. The molecule has 2 aromatic heterocycles. The van der Waals surface area contributed by atoms with Gasteiger partial charge in [0.05, 0.1) is 14.7 Å². The van der Waals surface area contributed by atoms with E-state index < -0.39 is 0 Å². The zero-order valence-corrected chi connectivity index (χ0v) is 11.4. The van der Waals surface area contributed by atoms with Crippen molar-refractivity contribution in [3.05, 3.63) is 32.5 Å². The molecule has 0 spiro atoms. The van der Waals surface area contributed by atoms with E-state index >= 15 is 0 Å². The summed E-state index contributed by atoms with van der Waals surface area (Å²) in [5.41, 5.74) is 3.60. The van der Waals surface area contributed by atoms with Crippen LogP contribution in [0.2, 0.25) is 8.67 Å². The number of nitrogens with zero attached hydrogens (tertiary/aromatic N) is 3. The van der Waals surface area contributed by atoms with E-state index in [9.17, 15) is 0 Å². The maximum atomic E-state index is 6.09. The highest BCUT2D eigenvalue weighted by Gasteiger charge is 2.18. The van der Waals surface area contributed by atoms with Gasteiger partial charge in [0.15, 0.2) is 0 Å². The molecule has 17 heavy (non-hydrogen) atoms. The fourth-order valence-electron chi connectivity index (χ4n) is 1.54. The number of aryl methyl sites for hydroxylation is 1. The maximum Gasteiger partial charge on any atom is 0.138 e. The zero-order chi connectivity index (χ0) is 12.4. The molecular weight excluding hydrogens is 281 g/mol. The minimum absolute atomic E-state index is 0.130. The fourth-order valence-corrected chi connectivity index (χ4v) is 3.12. The van der Waals surface area contributed by atoms with Gasteiger partial charge < -0.3 is 0 Å². The Kier molecular flexibility index (Phi) is 4.01. The number of hydrogen-bond acceptors (Lipinski definition) is 5. The Morgan fingerprint density at radius 3 is 2.82 bits per heavy atom. The van der Waals surface area contributed by atoms with Gasteiger partial charge in [-0.15, -0.1) is 11.3 Å². The molecule has 0 aliphatic heterocycles. The number of hydrazine groups is 1. The van der Waals surface area contributed by atoms with Crippen LogP contribution in [0, 0.1) is 0 Å². The minimum atomic E-state index is -0.130. The Hall–Kier alpha value is -0.660. The van der Waals surface area contributed by atoms with E-state index in [0.29, 0.717) is 15.1 Å². The van der Waals surface area contributed by atoms with Crippen LogP contribution in [0.15, 0.2) is 12.4 Å². The average molecular weight is 292 g/mol. The third kappa shape index (κ3) is 2.78. The van der Waals surface area contributed by atoms with E-state index in [1.54, 1.807) is 4.68 Å². The van der Waals surface area contributed by atoms with Crippen LogP contribution in [0.25, 0.3) is 0 Å². The molecule has 0 aromatic carbocycles. The SMILES string of the molecule is Cn1ncnc1CC(NN)c1cc(Cl)sc1Cl. The van der Waals surface area contributed by atoms with E-state index in [2.05, 4.69) is 15.5 Å². The number of nitrogens with two attached hydrogens (primary N) is 1. The number of aromatic nitrogens is 3. The standard InChI is InChI=1S/C9H11Cl2N5S/c1-16-8(13-4-14-16)3-6(15-12)5-2-7(10)17-9(5)11/h2,4,6,15H,3,12H2,1H3. The Morgan fingerprint density at radius 1 is 1.59 bits per heavy atom. The Balaban J connectivity index is 2.23. The van der Waals surface area contributed by atoms with E-state index in [-0.39, 0.29) is 6.04 Å². The van der Waals surface area contributed by atoms with Crippen LogP contribution in [0.1, 0.15) is 17.4 Å². The van der Waals surface area contributed by atoms with Crippen molar-refractivity contribution in [1.29, 1.82) is 0 Å². The summed E-state index contributed by atoms with van der Waals surface area (Å²) in [4.78, 5) is 4.15. The van der Waals surface area contributed by atoms with Crippen LogP contribution in [0.3, 0.4) is 0 Å². The average Bonchev–Trinajstić information content (AvgIpc) is 2.82. The number of thiophene rings is 1. The fraction of sp³-hybridized carbons (Fsp3) is 0.333. The van der Waals surface area contributed by atoms with Gasteiger partial charge >= 0.3 is 0 Å². The quantitative estimate of drug-likeness (QED) is 0.667. The molecule has 0 fully saturated rings. The summed E-state index contributed by atoms with van der Waals surface area (Å²) in [5, 5.41) is 4.01. The summed E-state index contributed by atoms with van der Waals surface area (Å²) in [5.74, 6) is 6.37. The minimum Gasteiger partial charge on any atom is -0.271 e. The van der Waals surface area contributed by atoms with Gasteiger partial charge in [0, 0.05) is 19.0 Å². The van der Waals surface area contributed by atoms with Gasteiger partial charge in [0.1, 0.15) is 12.2 Å². The Morgan fingerprint density at radius 2 is 2.35 bits per heavy atom. The van der Waals surface area contributed by atoms with E-state index in [0.717, 1.165) is 11.4 Å². The molecule has 0 saturated heterocycles. The normalized spacial score (nSPS) is 12.9. The number of hydrogen-bond donors (Lipinski definition) is 2. The van der Waals surface area contributed by atoms with Crippen molar-refractivity contribution in [2.24, 2.45) is 12.9 Å². The summed E-state index contributed by atoms with van der Waals surface area (Å²) in [7, 11) is 1.83. The highest BCUT2D eigenvalue weighted by atomic mass is 35.5. The Labute approximate surface area is 113 Å². The lowest BCUT2D eigenvalue weighted by Crippen LogP contribution is -2.30. The first-order chi connectivity index (χ1) is 8.11. The largest absolute Gasteiger partial charge is 0.271 e. The van der Waals surface area contributed by atoms with Gasteiger partial charge in [-0.25, -0.2) is 4.98 Å². The first kappa shape index (κ1) is 12.8. The van der Waals surface area contributed by atoms with Crippen molar-refractivity contribution in [1.82, 2.24) is 20.2 Å². The molecule has 0 aliphatic rings. The summed E-state index contributed by atoms with van der Waals surface area (Å²) in [6, 6.07) is 1.68. The van der Waals surface area contributed by atoms with E-state index in [1.165, 1.54) is 17.7 Å². The predicted molar refractivity (Wildman–Crippen MR) is 69.1 cm³/mol. The lowest BCUT2D eigenvalue weighted by atomic mass is 10.1. The van der Waals surface area contributed by atoms with Crippen LogP contribution in [0.4, 0.5) is 0 Å². The summed E-state index contributed by atoms with van der Waals surface area (Å²) < 4.78 is 2.98. The summed E-state index contributed by atoms with van der Waals surface area (Å²) in [6.45, 7) is 0. The molecule has 1 atom stereocenters. The molecule has 3 N–H and O–H groups in total. The number of halogens is 2. The van der Waals surface area contributed by atoms with Gasteiger partial charge in [0.2, 0.25) is 0 Å². The van der Waals surface area contributed by atoms with Crippen molar-refractivity contribution in [3.63, 3.8) is 0 Å². The molecule has 0 aliphatic carbocycles. The monoisotopic (exact) mass is 291 g/mol. The highest BCUT2D eigenvalue weighted by molar-refractivity contribution is 7.20. The molecule has 0 saturated carbocycles. The van der Waals surface area contributed by atoms with Gasteiger partial charge in [-0.05, 0) is 6.07 Å². The molecule has 92 valence electrons. The van der Waals surface area contributed by atoms with Crippen molar-refractivity contribution < 1.29 is 0 Å². The molecular formula is C9H11Cl2N5S. The maximum absolute atomic E-state index is 6.09. The number of nitrogens with one attached hydrogen (secondary N) is 1. The molecule has 8 heteroatoms. The van der Waals surface area contributed by atoms with Crippen LogP contribution >= 0.6 is 34.5 Å². The van der Waals surface area contributed by atoms with Crippen LogP contribution < -0.4 is 11.3 Å². The van der Waals surface area contributed by atoms with Gasteiger partial charge in [0.25, 0.3) is 0 Å². The first-order valence-electron chi connectivity index (χ1n) is 4.85. The zero-order valence-electron chi connectivity index (χ0n) is 9.02. The van der Waals surface area contributed by atoms with Crippen molar-refractivity contribution in [3.8, 4) is 0 Å². The topological polar surface area (TPSA) is 68.8 Å². The molecule has 1 unspecified atom stereocenters. The predicted octanol–water partition coefficient (Wildman–Crippen LogP) is 1.93. The molecule has 2 heterocycles. The first-order valence-corrected chi connectivity index (χ1v) is 6.42. The molecule has 0 radical (unpaired) electrons. The van der Waals surface area contributed by atoms with Gasteiger partial charge in [-0.1, -0.05) is 23.2 Å². The summed E-state index contributed by atoms with van der Waals surface area (Å²) in [6.07, 6.45) is 2.10. The molecule has 0 bridgehead atoms. The van der Waals surface area contributed by atoms with Crippen LogP contribution in [0.5, 0.6) is 0 Å². The second-order valence-corrected chi connectivity index (χ2v) is 5.79. The summed E-state index contributed by atoms with van der Waals surface area (Å²) >= 11 is 13.3. The molecule has 2 aromatic rings. The lowest BCUT2D eigenvalue weighted by Gasteiger charge is -2.14. The van der Waals surface area contributed by atoms with E-state index in [1.807, 2.05) is 13.1 Å². The third-order valence-electron chi connectivity index (χ3n) is 2.45. The highest BCUT2D eigenvalue weighted by Crippen LogP contribution is 2.35. The van der Waals surface area contributed by atoms with Gasteiger partial charge in [-0.3, -0.25) is 16.0 Å². The van der Waals surface area contributed by atoms with Crippen molar-refractivity contribution in [2.45, 2.75) is 12.5 Å². The molecule has 2 rings (SSSR count). The van der Waals surface area contributed by atoms with Crippen molar-refractivity contribution >= 4 is 34.5 Å². The molecule has 0 amide bonds. The number of rotatable bonds is 4. The van der Waals surface area contributed by atoms with Crippen molar-refractivity contribution in [2.75, 3.05) is 0 Å². The smallest absolute Gasteiger partial charge is 0.138 e.